The number of nitrogens with zero attached hydrogens (tertiary/aromatic N) is 5. The summed E-state index contributed by atoms with van der Waals surface area (Å²) in [5.41, 5.74) is 2.67. The molecule has 5 heterocycles. The number of hydrogen-bond donors (Lipinski definition) is 0. The third kappa shape index (κ3) is 2.80. The Morgan fingerprint density at radius 1 is 1.16 bits per heavy atom. The summed E-state index contributed by atoms with van der Waals surface area (Å²) in [6.45, 7) is 4.99. The second-order valence-corrected chi connectivity index (χ2v) is 9.59. The van der Waals surface area contributed by atoms with Crippen LogP contribution in [0.1, 0.15) is 50.8 Å². The Kier molecular flexibility index (Phi) is 3.85. The number of fused-ring (bicyclic) bond motifs is 6. The SMILES string of the molecule is CC1(C)Cc2c(sc3ncn4nc(CCN5C(=O)c6ccccc6C5=O)nc4c23)CO1. The summed E-state index contributed by atoms with van der Waals surface area (Å²) in [6, 6.07) is 6.91. The van der Waals surface area contributed by atoms with E-state index in [0.29, 0.717) is 30.0 Å². The summed E-state index contributed by atoms with van der Waals surface area (Å²) in [4.78, 5) is 37.9. The summed E-state index contributed by atoms with van der Waals surface area (Å²) >= 11 is 1.64. The molecule has 31 heavy (non-hydrogen) atoms. The van der Waals surface area contributed by atoms with Crippen molar-refractivity contribution in [1.29, 1.82) is 0 Å². The van der Waals surface area contributed by atoms with Gasteiger partial charge in [0.25, 0.3) is 11.8 Å². The van der Waals surface area contributed by atoms with Gasteiger partial charge in [0, 0.05) is 24.3 Å². The van der Waals surface area contributed by atoms with Crippen LogP contribution in [0.4, 0.5) is 0 Å². The van der Waals surface area contributed by atoms with Gasteiger partial charge in [0.05, 0.1) is 28.7 Å². The lowest BCUT2D eigenvalue weighted by Gasteiger charge is -2.30. The third-order valence-corrected chi connectivity index (χ3v) is 7.00. The number of ether oxygens (including phenoxy) is 1. The van der Waals surface area contributed by atoms with Crippen molar-refractivity contribution in [2.75, 3.05) is 6.54 Å². The van der Waals surface area contributed by atoms with Crippen molar-refractivity contribution in [2.45, 2.75) is 38.9 Å². The van der Waals surface area contributed by atoms with Gasteiger partial charge in [-0.1, -0.05) is 12.1 Å². The minimum Gasteiger partial charge on any atom is -0.370 e. The lowest BCUT2D eigenvalue weighted by molar-refractivity contribution is -0.0379. The zero-order valence-corrected chi connectivity index (χ0v) is 17.9. The molecule has 2 amide bonds. The van der Waals surface area contributed by atoms with E-state index in [9.17, 15) is 9.59 Å². The van der Waals surface area contributed by atoms with E-state index in [1.807, 2.05) is 0 Å². The number of hydrogen-bond acceptors (Lipinski definition) is 7. The van der Waals surface area contributed by atoms with Gasteiger partial charge in [-0.05, 0) is 31.5 Å². The van der Waals surface area contributed by atoms with Gasteiger partial charge in [0.15, 0.2) is 11.5 Å². The van der Waals surface area contributed by atoms with E-state index in [-0.39, 0.29) is 24.0 Å². The number of aromatic nitrogens is 4. The fourth-order valence-corrected chi connectivity index (χ4v) is 5.41. The normalized spacial score (nSPS) is 17.5. The summed E-state index contributed by atoms with van der Waals surface area (Å²) in [5.74, 6) is 0.0576. The molecule has 0 spiro atoms. The summed E-state index contributed by atoms with van der Waals surface area (Å²) in [7, 11) is 0. The first kappa shape index (κ1) is 18.6. The van der Waals surface area contributed by atoms with Crippen molar-refractivity contribution < 1.29 is 14.3 Å². The molecule has 0 fully saturated rings. The Morgan fingerprint density at radius 3 is 2.65 bits per heavy atom. The highest BCUT2D eigenvalue weighted by Crippen LogP contribution is 2.39. The van der Waals surface area contributed by atoms with Crippen molar-refractivity contribution in [3.8, 4) is 0 Å². The van der Waals surface area contributed by atoms with Crippen molar-refractivity contribution in [3.05, 3.63) is 58.0 Å². The van der Waals surface area contributed by atoms with E-state index in [1.54, 1.807) is 46.4 Å². The Labute approximate surface area is 181 Å². The third-order valence-electron chi connectivity index (χ3n) is 5.89. The molecule has 0 aliphatic carbocycles. The molecule has 2 aliphatic heterocycles. The first-order valence-corrected chi connectivity index (χ1v) is 11.0. The fraction of sp³-hybridized carbons (Fsp3) is 0.318. The average Bonchev–Trinajstić information content (AvgIpc) is 3.39. The van der Waals surface area contributed by atoms with E-state index in [4.69, 9.17) is 9.72 Å². The second-order valence-electron chi connectivity index (χ2n) is 8.51. The quantitative estimate of drug-likeness (QED) is 0.462. The Bertz CT molecular complexity index is 1370. The number of benzene rings is 1. The van der Waals surface area contributed by atoms with Crippen LogP contribution in [0, 0.1) is 0 Å². The van der Waals surface area contributed by atoms with Gasteiger partial charge in [-0.2, -0.15) is 0 Å². The molecule has 3 aromatic heterocycles. The van der Waals surface area contributed by atoms with Crippen molar-refractivity contribution in [3.63, 3.8) is 0 Å². The van der Waals surface area contributed by atoms with Crippen molar-refractivity contribution in [2.24, 2.45) is 0 Å². The lowest BCUT2D eigenvalue weighted by atomic mass is 9.94. The minimum absolute atomic E-state index is 0.234. The number of amides is 2. The van der Waals surface area contributed by atoms with Gasteiger partial charge >= 0.3 is 0 Å². The Hall–Kier alpha value is -3.17. The molecular formula is C22H19N5O3S. The number of carbonyl (C=O) groups is 2. The summed E-state index contributed by atoms with van der Waals surface area (Å²) in [6.07, 6.45) is 2.85. The number of thiophene rings is 1. The van der Waals surface area contributed by atoms with Crippen LogP contribution < -0.4 is 0 Å². The molecule has 0 saturated heterocycles. The molecule has 2 aliphatic rings. The average molecular weight is 433 g/mol. The van der Waals surface area contributed by atoms with Gasteiger partial charge in [0.1, 0.15) is 11.2 Å². The van der Waals surface area contributed by atoms with Crippen LogP contribution in [0.5, 0.6) is 0 Å². The lowest BCUT2D eigenvalue weighted by Crippen LogP contribution is -2.31. The van der Waals surface area contributed by atoms with Crippen LogP contribution in [-0.4, -0.2) is 48.4 Å². The van der Waals surface area contributed by atoms with E-state index in [0.717, 1.165) is 22.3 Å². The number of carbonyl (C=O) groups excluding carboxylic acids is 2. The molecule has 9 heteroatoms. The van der Waals surface area contributed by atoms with Crippen LogP contribution in [-0.2, 0) is 24.2 Å². The summed E-state index contributed by atoms with van der Waals surface area (Å²) < 4.78 is 7.64. The van der Waals surface area contributed by atoms with Crippen LogP contribution in [0.25, 0.3) is 15.9 Å². The first-order chi connectivity index (χ1) is 14.9. The van der Waals surface area contributed by atoms with E-state index >= 15 is 0 Å². The predicted molar refractivity (Wildman–Crippen MR) is 114 cm³/mol. The standard InChI is InChI=1S/C22H19N5O3S/c1-22(2)9-14-15(10-30-22)31-19-17(14)18-24-16(25-27(18)11-23-19)7-8-26-20(28)12-5-3-4-6-13(12)21(26)29/h3-6,11H,7-10H2,1-2H3. The minimum atomic E-state index is -0.262. The van der Waals surface area contributed by atoms with E-state index < -0.39 is 0 Å². The second kappa shape index (κ2) is 6.41. The molecule has 0 bridgehead atoms. The Balaban J connectivity index is 1.33. The molecular weight excluding hydrogens is 414 g/mol. The summed E-state index contributed by atoms with van der Waals surface area (Å²) in [5, 5.41) is 5.58. The van der Waals surface area contributed by atoms with E-state index in [1.165, 1.54) is 15.3 Å². The predicted octanol–water partition coefficient (Wildman–Crippen LogP) is 3.03. The molecule has 8 nitrogen and oxygen atoms in total. The smallest absolute Gasteiger partial charge is 0.261 e. The van der Waals surface area contributed by atoms with Crippen molar-refractivity contribution in [1.82, 2.24) is 24.5 Å². The van der Waals surface area contributed by atoms with Gasteiger partial charge in [-0.25, -0.2) is 14.5 Å². The Morgan fingerprint density at radius 2 is 1.90 bits per heavy atom. The largest absolute Gasteiger partial charge is 0.370 e. The molecule has 6 rings (SSSR count). The van der Waals surface area contributed by atoms with Crippen LogP contribution in [0.2, 0.25) is 0 Å². The molecule has 0 atom stereocenters. The van der Waals surface area contributed by atoms with Gasteiger partial charge in [-0.15, -0.1) is 16.4 Å². The van der Waals surface area contributed by atoms with Crippen LogP contribution in [0.3, 0.4) is 0 Å². The topological polar surface area (TPSA) is 89.7 Å². The van der Waals surface area contributed by atoms with Gasteiger partial charge in [-0.3, -0.25) is 14.5 Å². The molecule has 0 N–H and O–H groups in total. The van der Waals surface area contributed by atoms with Crippen LogP contribution in [0.15, 0.2) is 30.6 Å². The van der Waals surface area contributed by atoms with Crippen LogP contribution >= 0.6 is 11.3 Å². The number of imide groups is 1. The van der Waals surface area contributed by atoms with Gasteiger partial charge in [0.2, 0.25) is 0 Å². The fourth-order valence-electron chi connectivity index (χ4n) is 4.35. The molecule has 156 valence electrons. The van der Waals surface area contributed by atoms with E-state index in [2.05, 4.69) is 23.9 Å². The molecule has 0 unspecified atom stereocenters. The zero-order valence-electron chi connectivity index (χ0n) is 17.1. The maximum Gasteiger partial charge on any atom is 0.261 e. The van der Waals surface area contributed by atoms with Crippen molar-refractivity contribution >= 4 is 39.0 Å². The molecule has 4 aromatic rings. The number of rotatable bonds is 3. The highest BCUT2D eigenvalue weighted by atomic mass is 32.1. The molecule has 1 aromatic carbocycles. The highest BCUT2D eigenvalue weighted by Gasteiger charge is 2.35. The zero-order chi connectivity index (χ0) is 21.3. The maximum absolute atomic E-state index is 12.6. The molecule has 0 radical (unpaired) electrons. The molecule has 0 saturated carbocycles. The maximum atomic E-state index is 12.6. The van der Waals surface area contributed by atoms with Gasteiger partial charge < -0.3 is 4.74 Å². The highest BCUT2D eigenvalue weighted by molar-refractivity contribution is 7.19. The monoisotopic (exact) mass is 433 g/mol. The first-order valence-electron chi connectivity index (χ1n) is 10.1.